The lowest BCUT2D eigenvalue weighted by atomic mass is 9.99. The Morgan fingerprint density at radius 1 is 1.10 bits per heavy atom. The molecule has 0 aliphatic carbocycles. The fourth-order valence-corrected chi connectivity index (χ4v) is 3.61. The monoisotopic (exact) mass is 394 g/mol. The first-order valence-corrected chi connectivity index (χ1v) is 10.7. The first-order chi connectivity index (χ1) is 14.2. The van der Waals surface area contributed by atoms with E-state index in [-0.39, 0.29) is 0 Å². The molecule has 156 valence electrons. The molecule has 1 atom stereocenters. The predicted octanol–water partition coefficient (Wildman–Crippen LogP) is 3.69. The van der Waals surface area contributed by atoms with Crippen LogP contribution in [0.15, 0.2) is 53.5 Å². The molecule has 2 aromatic rings. The zero-order chi connectivity index (χ0) is 20.5. The van der Waals surface area contributed by atoms with Crippen LogP contribution in [-0.2, 0) is 11.3 Å². The highest BCUT2D eigenvalue weighted by Gasteiger charge is 2.14. The summed E-state index contributed by atoms with van der Waals surface area (Å²) in [7, 11) is 0. The molecule has 0 radical (unpaired) electrons. The zero-order valence-corrected chi connectivity index (χ0v) is 17.9. The summed E-state index contributed by atoms with van der Waals surface area (Å²) in [6.07, 6.45) is 0. The number of para-hydroxylation sites is 1. The van der Waals surface area contributed by atoms with Gasteiger partial charge in [0.05, 0.1) is 19.8 Å². The Hall–Kier alpha value is -2.53. The Balaban J connectivity index is 1.65. The number of anilines is 1. The number of aliphatic imine (C=N–C) groups is 1. The van der Waals surface area contributed by atoms with E-state index in [0.29, 0.717) is 12.5 Å². The Bertz CT molecular complexity index is 799. The van der Waals surface area contributed by atoms with Gasteiger partial charge in [0.1, 0.15) is 0 Å². The predicted molar refractivity (Wildman–Crippen MR) is 122 cm³/mol. The van der Waals surface area contributed by atoms with Gasteiger partial charge in [-0.05, 0) is 37.0 Å². The molecule has 2 aromatic carbocycles. The quantitative estimate of drug-likeness (QED) is 0.555. The second-order valence-electron chi connectivity index (χ2n) is 7.62. The van der Waals surface area contributed by atoms with Gasteiger partial charge in [-0.25, -0.2) is 4.99 Å². The van der Waals surface area contributed by atoms with Crippen LogP contribution in [0.1, 0.15) is 36.5 Å². The topological polar surface area (TPSA) is 48.9 Å². The van der Waals surface area contributed by atoms with E-state index in [9.17, 15) is 0 Å². The number of nitrogens with zero attached hydrogens (tertiary/aromatic N) is 2. The normalized spacial score (nSPS) is 15.8. The SMILES string of the molecule is CCNC(=NCc1ccccc1N1CCOCC1)NCC(C)c1cccc(C)c1. The number of hydrogen-bond acceptors (Lipinski definition) is 3. The van der Waals surface area contributed by atoms with Crippen LogP contribution < -0.4 is 15.5 Å². The summed E-state index contributed by atoms with van der Waals surface area (Å²) in [6, 6.07) is 17.3. The highest BCUT2D eigenvalue weighted by atomic mass is 16.5. The highest BCUT2D eigenvalue weighted by Crippen LogP contribution is 2.22. The summed E-state index contributed by atoms with van der Waals surface area (Å²) in [6.45, 7) is 12.3. The van der Waals surface area contributed by atoms with E-state index in [2.05, 4.69) is 84.8 Å². The smallest absolute Gasteiger partial charge is 0.191 e. The molecule has 3 rings (SSSR count). The number of hydrogen-bond donors (Lipinski definition) is 2. The van der Waals surface area contributed by atoms with Crippen molar-refractivity contribution in [1.29, 1.82) is 0 Å². The van der Waals surface area contributed by atoms with Crippen LogP contribution in [0.4, 0.5) is 5.69 Å². The first kappa shape index (κ1) is 21.2. The van der Waals surface area contributed by atoms with E-state index in [0.717, 1.165) is 45.4 Å². The molecule has 0 bridgehead atoms. The molecule has 0 saturated carbocycles. The average molecular weight is 395 g/mol. The minimum atomic E-state index is 0.416. The van der Waals surface area contributed by atoms with Gasteiger partial charge in [0.25, 0.3) is 0 Å². The summed E-state index contributed by atoms with van der Waals surface area (Å²) >= 11 is 0. The Morgan fingerprint density at radius 2 is 1.90 bits per heavy atom. The number of morpholine rings is 1. The second-order valence-corrected chi connectivity index (χ2v) is 7.62. The molecule has 0 aromatic heterocycles. The van der Waals surface area contributed by atoms with Gasteiger partial charge >= 0.3 is 0 Å². The number of rotatable bonds is 7. The van der Waals surface area contributed by atoms with E-state index in [4.69, 9.17) is 9.73 Å². The lowest BCUT2D eigenvalue weighted by Crippen LogP contribution is -2.39. The third kappa shape index (κ3) is 6.23. The number of nitrogens with one attached hydrogen (secondary N) is 2. The summed E-state index contributed by atoms with van der Waals surface area (Å²) in [5, 5.41) is 6.89. The number of benzene rings is 2. The van der Waals surface area contributed by atoms with Gasteiger partial charge in [-0.1, -0.05) is 55.0 Å². The van der Waals surface area contributed by atoms with Gasteiger partial charge in [-0.15, -0.1) is 0 Å². The van der Waals surface area contributed by atoms with Crippen molar-refractivity contribution in [2.45, 2.75) is 33.2 Å². The molecule has 0 amide bonds. The van der Waals surface area contributed by atoms with Crippen molar-refractivity contribution < 1.29 is 4.74 Å². The van der Waals surface area contributed by atoms with Gasteiger partial charge in [0, 0.05) is 31.9 Å². The minimum absolute atomic E-state index is 0.416. The molecule has 1 fully saturated rings. The van der Waals surface area contributed by atoms with Crippen LogP contribution >= 0.6 is 0 Å². The van der Waals surface area contributed by atoms with Crippen molar-refractivity contribution >= 4 is 11.6 Å². The van der Waals surface area contributed by atoms with E-state index >= 15 is 0 Å². The van der Waals surface area contributed by atoms with Gasteiger partial charge in [-0.2, -0.15) is 0 Å². The largest absolute Gasteiger partial charge is 0.378 e. The zero-order valence-electron chi connectivity index (χ0n) is 17.9. The Labute approximate surface area is 175 Å². The molecular weight excluding hydrogens is 360 g/mol. The van der Waals surface area contributed by atoms with Gasteiger partial charge < -0.3 is 20.3 Å². The summed E-state index contributed by atoms with van der Waals surface area (Å²) in [5.41, 5.74) is 5.17. The maximum atomic E-state index is 5.50. The van der Waals surface area contributed by atoms with Crippen molar-refractivity contribution in [3.63, 3.8) is 0 Å². The number of aryl methyl sites for hydroxylation is 1. The highest BCUT2D eigenvalue weighted by molar-refractivity contribution is 5.80. The Morgan fingerprint density at radius 3 is 2.66 bits per heavy atom. The van der Waals surface area contributed by atoms with E-state index < -0.39 is 0 Å². The molecule has 0 spiro atoms. The summed E-state index contributed by atoms with van der Waals surface area (Å²) < 4.78 is 5.50. The van der Waals surface area contributed by atoms with Crippen LogP contribution in [0.25, 0.3) is 0 Å². The number of guanidine groups is 1. The van der Waals surface area contributed by atoms with Crippen molar-refractivity contribution in [2.75, 3.05) is 44.3 Å². The lowest BCUT2D eigenvalue weighted by molar-refractivity contribution is 0.122. The summed E-state index contributed by atoms with van der Waals surface area (Å²) in [5.74, 6) is 1.28. The van der Waals surface area contributed by atoms with Crippen LogP contribution in [0.2, 0.25) is 0 Å². The van der Waals surface area contributed by atoms with Gasteiger partial charge in [0.2, 0.25) is 0 Å². The van der Waals surface area contributed by atoms with Crippen LogP contribution in [0.3, 0.4) is 0 Å². The fraction of sp³-hybridized carbons (Fsp3) is 0.458. The number of ether oxygens (including phenoxy) is 1. The minimum Gasteiger partial charge on any atom is -0.378 e. The average Bonchev–Trinajstić information content (AvgIpc) is 2.76. The molecule has 1 unspecified atom stereocenters. The van der Waals surface area contributed by atoms with Crippen LogP contribution in [-0.4, -0.2) is 45.4 Å². The molecule has 2 N–H and O–H groups in total. The second kappa shape index (κ2) is 10.9. The molecule has 1 aliphatic heterocycles. The first-order valence-electron chi connectivity index (χ1n) is 10.7. The third-order valence-corrected chi connectivity index (χ3v) is 5.28. The van der Waals surface area contributed by atoms with E-state index in [1.54, 1.807) is 0 Å². The third-order valence-electron chi connectivity index (χ3n) is 5.28. The van der Waals surface area contributed by atoms with Crippen LogP contribution in [0.5, 0.6) is 0 Å². The Kier molecular flexibility index (Phi) is 7.94. The lowest BCUT2D eigenvalue weighted by Gasteiger charge is -2.30. The molecular formula is C24H34N4O. The van der Waals surface area contributed by atoms with Crippen molar-refractivity contribution in [3.8, 4) is 0 Å². The van der Waals surface area contributed by atoms with Gasteiger partial charge in [-0.3, -0.25) is 0 Å². The molecule has 5 nitrogen and oxygen atoms in total. The van der Waals surface area contributed by atoms with E-state index in [1.165, 1.54) is 22.4 Å². The standard InChI is InChI=1S/C24H34N4O/c1-4-25-24(26-17-20(3)21-10-7-8-19(2)16-21)27-18-22-9-5-6-11-23(22)28-12-14-29-15-13-28/h5-11,16,20H,4,12-15,17-18H2,1-3H3,(H2,25,26,27). The van der Waals surface area contributed by atoms with Crippen molar-refractivity contribution in [3.05, 3.63) is 65.2 Å². The maximum Gasteiger partial charge on any atom is 0.191 e. The summed E-state index contributed by atoms with van der Waals surface area (Å²) in [4.78, 5) is 7.26. The van der Waals surface area contributed by atoms with Crippen molar-refractivity contribution in [1.82, 2.24) is 10.6 Å². The van der Waals surface area contributed by atoms with Gasteiger partial charge in [0.15, 0.2) is 5.96 Å². The van der Waals surface area contributed by atoms with E-state index in [1.807, 2.05) is 0 Å². The molecule has 29 heavy (non-hydrogen) atoms. The molecule has 5 heteroatoms. The molecule has 1 aliphatic rings. The molecule has 1 heterocycles. The fourth-order valence-electron chi connectivity index (χ4n) is 3.61. The molecule has 1 saturated heterocycles. The maximum absolute atomic E-state index is 5.50. The van der Waals surface area contributed by atoms with Crippen molar-refractivity contribution in [2.24, 2.45) is 4.99 Å². The van der Waals surface area contributed by atoms with Crippen LogP contribution in [0, 0.1) is 6.92 Å².